The van der Waals surface area contributed by atoms with Gasteiger partial charge in [0.15, 0.2) is 6.10 Å². The van der Waals surface area contributed by atoms with E-state index in [-0.39, 0.29) is 37.0 Å². The number of ether oxygens (including phenoxy) is 3. The number of cyclic esters (lactones) is 1. The number of likely N-dealkylation sites (tertiary alicyclic amines) is 1. The molecule has 1 saturated carbocycles. The van der Waals surface area contributed by atoms with Gasteiger partial charge >= 0.3 is 12.2 Å². The molecule has 1 unspecified atom stereocenters. The first-order valence-electron chi connectivity index (χ1n) is 13.2. The highest BCUT2D eigenvalue weighted by molar-refractivity contribution is 5.90. The van der Waals surface area contributed by atoms with E-state index < -0.39 is 29.2 Å². The molecule has 0 spiro atoms. The number of nitrogens with zero attached hydrogens (tertiary/aromatic N) is 5. The van der Waals surface area contributed by atoms with Crippen molar-refractivity contribution in [2.24, 2.45) is 11.8 Å². The van der Waals surface area contributed by atoms with Gasteiger partial charge in [0.2, 0.25) is 0 Å². The number of fused-ring (bicyclic) bond motifs is 1. The monoisotopic (exact) mass is 561 g/mol. The molecule has 2 saturated heterocycles. The number of rotatable bonds is 6. The third-order valence-corrected chi connectivity index (χ3v) is 7.63. The number of anilines is 1. The molecule has 2 amide bonds. The minimum Gasteiger partial charge on any atom is -0.471 e. The second kappa shape index (κ2) is 9.76. The Hall–Kier alpha value is -4.66. The molecule has 3 aromatic rings. The molecule has 11 nitrogen and oxygen atoms in total. The fourth-order valence-electron chi connectivity index (χ4n) is 5.65. The molecule has 0 N–H and O–H groups in total. The summed E-state index contributed by atoms with van der Waals surface area (Å²) >= 11 is 0. The summed E-state index contributed by atoms with van der Waals surface area (Å²) < 4.78 is 36.2. The number of carbonyl (C=O) groups excluding carboxylic acids is 2. The fraction of sp³-hybridized carbons (Fsp3) is 0.414. The molecule has 3 fully saturated rings. The molecular weight excluding hydrogens is 533 g/mol. The van der Waals surface area contributed by atoms with E-state index in [9.17, 15) is 9.59 Å². The maximum Gasteiger partial charge on any atom is 0.414 e. The van der Waals surface area contributed by atoms with Gasteiger partial charge in [0, 0.05) is 36.5 Å². The van der Waals surface area contributed by atoms with E-state index in [1.165, 1.54) is 17.2 Å². The van der Waals surface area contributed by atoms with Crippen LogP contribution >= 0.6 is 0 Å². The van der Waals surface area contributed by atoms with E-state index >= 15 is 4.39 Å². The van der Waals surface area contributed by atoms with Crippen molar-refractivity contribution in [1.82, 2.24) is 15.0 Å². The third-order valence-electron chi connectivity index (χ3n) is 7.63. The molecule has 1 aliphatic carbocycles. The van der Waals surface area contributed by atoms with Crippen LogP contribution in [0.25, 0.3) is 16.0 Å². The molecule has 4 heterocycles. The Kier molecular flexibility index (Phi) is 6.32. The number of halogens is 1. The Morgan fingerprint density at radius 3 is 2.59 bits per heavy atom. The quantitative estimate of drug-likeness (QED) is 0.391. The smallest absolute Gasteiger partial charge is 0.414 e. The first-order chi connectivity index (χ1) is 19.6. The lowest BCUT2D eigenvalue weighted by atomic mass is 10.0. The number of carbonyl (C=O) groups is 2. The van der Waals surface area contributed by atoms with Gasteiger partial charge in [-0.15, -0.1) is 0 Å². The van der Waals surface area contributed by atoms with Crippen LogP contribution in [0.15, 0.2) is 53.4 Å². The standard InChI is InChI=1S/C29H28FN5O6/c1-28(2,3)41-26(36)34-14-21-22(15-34)29(21,31-4)24-8-5-17(12-32-24)20-7-6-18(11-23(20)30)35-13-19(40-27(35)37)16-38-25-9-10-39-33-25/h5-12,19,21-22H,13-16H2,1-3H3/t19-,21-,22+,29?/m1/s1. The van der Waals surface area contributed by atoms with Crippen LogP contribution in [-0.2, 0) is 15.0 Å². The largest absolute Gasteiger partial charge is 0.471 e. The summed E-state index contributed by atoms with van der Waals surface area (Å²) in [5.41, 5.74) is 0.462. The van der Waals surface area contributed by atoms with Crippen LogP contribution in [0.4, 0.5) is 19.7 Å². The number of pyridine rings is 1. The van der Waals surface area contributed by atoms with Crippen LogP contribution in [0.2, 0.25) is 0 Å². The zero-order valence-electron chi connectivity index (χ0n) is 22.7. The van der Waals surface area contributed by atoms with Crippen LogP contribution < -0.4 is 9.64 Å². The van der Waals surface area contributed by atoms with Crippen LogP contribution in [0.1, 0.15) is 26.5 Å². The molecule has 4 atom stereocenters. The molecule has 2 aliphatic heterocycles. The number of hydrogen-bond acceptors (Lipinski definition) is 8. The van der Waals surface area contributed by atoms with Gasteiger partial charge in [-0.2, -0.15) is 0 Å². The van der Waals surface area contributed by atoms with E-state index in [0.29, 0.717) is 35.6 Å². The van der Waals surface area contributed by atoms with Crippen molar-refractivity contribution in [3.8, 4) is 17.0 Å². The minimum absolute atomic E-state index is 0.0210. The summed E-state index contributed by atoms with van der Waals surface area (Å²) in [6, 6.07) is 9.56. The van der Waals surface area contributed by atoms with Crippen molar-refractivity contribution in [2.45, 2.75) is 38.0 Å². The van der Waals surface area contributed by atoms with Crippen LogP contribution in [0.3, 0.4) is 0 Å². The molecule has 0 radical (unpaired) electrons. The lowest BCUT2D eigenvalue weighted by Gasteiger charge is -2.26. The van der Waals surface area contributed by atoms with Gasteiger partial charge in [-0.05, 0) is 50.2 Å². The van der Waals surface area contributed by atoms with Crippen molar-refractivity contribution in [2.75, 3.05) is 31.1 Å². The fourth-order valence-corrected chi connectivity index (χ4v) is 5.65. The highest BCUT2D eigenvalue weighted by Crippen LogP contribution is 2.64. The van der Waals surface area contributed by atoms with Gasteiger partial charge < -0.3 is 28.5 Å². The van der Waals surface area contributed by atoms with E-state index in [1.807, 2.05) is 20.8 Å². The van der Waals surface area contributed by atoms with E-state index in [4.69, 9.17) is 25.3 Å². The van der Waals surface area contributed by atoms with Crippen molar-refractivity contribution in [1.29, 1.82) is 0 Å². The number of piperidine rings is 1. The van der Waals surface area contributed by atoms with E-state index in [0.717, 1.165) is 0 Å². The second-order valence-corrected chi connectivity index (χ2v) is 11.4. The zero-order chi connectivity index (χ0) is 28.9. The lowest BCUT2D eigenvalue weighted by molar-refractivity contribution is 0.0264. The molecule has 3 aliphatic rings. The molecule has 12 heteroatoms. The number of benzene rings is 1. The molecule has 1 aromatic carbocycles. The zero-order valence-corrected chi connectivity index (χ0v) is 22.7. The third kappa shape index (κ3) is 4.81. The Bertz CT molecular complexity index is 1500. The van der Waals surface area contributed by atoms with Crippen molar-refractivity contribution < 1.29 is 32.7 Å². The SMILES string of the molecule is [C-]#[N+]C1(c2ccc(-c3ccc(N4C[C@H](COc5ccon5)OC4=O)cc3F)cn2)[C@@H]2CN(C(=O)OC(C)(C)C)C[C@@H]21. The maximum absolute atomic E-state index is 15.2. The van der Waals surface area contributed by atoms with Crippen LogP contribution in [0, 0.1) is 24.2 Å². The Labute approximate surface area is 235 Å². The summed E-state index contributed by atoms with van der Waals surface area (Å²) in [7, 11) is 0. The molecule has 212 valence electrons. The summed E-state index contributed by atoms with van der Waals surface area (Å²) in [4.78, 5) is 36.3. The highest BCUT2D eigenvalue weighted by atomic mass is 19.1. The van der Waals surface area contributed by atoms with E-state index in [1.54, 1.807) is 41.4 Å². The van der Waals surface area contributed by atoms with E-state index in [2.05, 4.69) is 15.0 Å². The summed E-state index contributed by atoms with van der Waals surface area (Å²) in [6.45, 7) is 14.5. The first-order valence-corrected chi connectivity index (χ1v) is 13.2. The van der Waals surface area contributed by atoms with Crippen molar-refractivity contribution in [3.63, 3.8) is 0 Å². The van der Waals surface area contributed by atoms with Gasteiger partial charge in [0.25, 0.3) is 11.4 Å². The van der Waals surface area contributed by atoms with Gasteiger partial charge in [0.1, 0.15) is 30.0 Å². The summed E-state index contributed by atoms with van der Waals surface area (Å²) in [5.74, 6) is -0.285. The van der Waals surface area contributed by atoms with Crippen molar-refractivity contribution in [3.05, 3.63) is 71.8 Å². The molecule has 6 rings (SSSR count). The highest BCUT2D eigenvalue weighted by Gasteiger charge is 2.78. The summed E-state index contributed by atoms with van der Waals surface area (Å²) in [5, 5.41) is 3.65. The average molecular weight is 562 g/mol. The Balaban J connectivity index is 1.11. The molecular formula is C29H28FN5O6. The molecule has 41 heavy (non-hydrogen) atoms. The average Bonchev–Trinajstić information content (AvgIpc) is 3.45. The number of amides is 2. The van der Waals surface area contributed by atoms with Crippen LogP contribution in [0.5, 0.6) is 5.88 Å². The van der Waals surface area contributed by atoms with Crippen LogP contribution in [-0.4, -0.2) is 65.2 Å². The second-order valence-electron chi connectivity index (χ2n) is 11.4. The van der Waals surface area contributed by atoms with Gasteiger partial charge in [-0.25, -0.2) is 20.6 Å². The number of hydrogen-bond donors (Lipinski definition) is 0. The molecule has 0 bridgehead atoms. The predicted molar refractivity (Wildman–Crippen MR) is 142 cm³/mol. The Morgan fingerprint density at radius 2 is 1.98 bits per heavy atom. The topological polar surface area (TPSA) is 112 Å². The maximum atomic E-state index is 15.2. The molecule has 2 aromatic heterocycles. The lowest BCUT2D eigenvalue weighted by Crippen LogP contribution is -2.38. The minimum atomic E-state index is -0.788. The predicted octanol–water partition coefficient (Wildman–Crippen LogP) is 4.89. The number of aromatic nitrogens is 2. The van der Waals surface area contributed by atoms with Gasteiger partial charge in [-0.3, -0.25) is 9.88 Å². The van der Waals surface area contributed by atoms with Gasteiger partial charge in [-0.1, -0.05) is 6.07 Å². The normalized spacial score (nSPS) is 25.0. The van der Waals surface area contributed by atoms with Gasteiger partial charge in [0.05, 0.1) is 24.1 Å². The summed E-state index contributed by atoms with van der Waals surface area (Å²) in [6.07, 6.45) is 1.41. The first kappa shape index (κ1) is 26.6. The van der Waals surface area contributed by atoms with Crippen molar-refractivity contribution >= 4 is 17.9 Å². The Morgan fingerprint density at radius 1 is 1.20 bits per heavy atom.